The van der Waals surface area contributed by atoms with Gasteiger partial charge in [0.1, 0.15) is 0 Å². The number of hydrogen-bond acceptors (Lipinski definition) is 1. The highest BCUT2D eigenvalue weighted by Gasteiger charge is 2.42. The van der Waals surface area contributed by atoms with Crippen LogP contribution < -0.4 is 5.32 Å². The molecule has 2 nitrogen and oxygen atoms in total. The third-order valence-electron chi connectivity index (χ3n) is 3.74. The predicted molar refractivity (Wildman–Crippen MR) is 69.1 cm³/mol. The summed E-state index contributed by atoms with van der Waals surface area (Å²) < 4.78 is 37.6. The molecule has 1 fully saturated rings. The Morgan fingerprint density at radius 3 is 2.16 bits per heavy atom. The summed E-state index contributed by atoms with van der Waals surface area (Å²) in [5.74, 6) is -1.25. The number of rotatable bonds is 4. The van der Waals surface area contributed by atoms with Gasteiger partial charge in [0.05, 0.1) is 5.92 Å². The Labute approximate surface area is 117 Å². The molecule has 112 valence electrons. The van der Waals surface area contributed by atoms with Gasteiger partial charge >= 0.3 is 6.18 Å². The van der Waals surface area contributed by atoms with Gasteiger partial charge in [-0.05, 0) is 46.0 Å². The number of halogens is 4. The van der Waals surface area contributed by atoms with Crippen LogP contribution in [0.2, 0.25) is 0 Å². The second-order valence-electron chi connectivity index (χ2n) is 5.90. The van der Waals surface area contributed by atoms with E-state index < -0.39 is 17.6 Å². The van der Waals surface area contributed by atoms with Crippen molar-refractivity contribution in [2.45, 2.75) is 57.7 Å². The number of carbonyl (C=O) groups excluding carboxylic acids is 1. The molecule has 0 bridgehead atoms. The Balaban J connectivity index is 2.45. The molecule has 0 aliphatic heterocycles. The molecule has 0 unspecified atom stereocenters. The summed E-state index contributed by atoms with van der Waals surface area (Å²) in [7, 11) is 0. The number of hydrogen-bond donors (Lipinski definition) is 1. The van der Waals surface area contributed by atoms with E-state index in [2.05, 4.69) is 5.32 Å². The van der Waals surface area contributed by atoms with Crippen LogP contribution in [0.3, 0.4) is 0 Å². The molecule has 1 aliphatic rings. The van der Waals surface area contributed by atoms with Gasteiger partial charge < -0.3 is 5.32 Å². The summed E-state index contributed by atoms with van der Waals surface area (Å²) in [6.07, 6.45) is -2.76. The van der Waals surface area contributed by atoms with Crippen molar-refractivity contribution in [3.05, 3.63) is 0 Å². The molecule has 0 radical (unpaired) electrons. The third-order valence-corrected chi connectivity index (χ3v) is 3.93. The molecule has 0 aromatic heterocycles. The van der Waals surface area contributed by atoms with Crippen molar-refractivity contribution in [3.8, 4) is 0 Å². The molecule has 19 heavy (non-hydrogen) atoms. The molecule has 1 rings (SSSR count). The van der Waals surface area contributed by atoms with E-state index in [-0.39, 0.29) is 24.7 Å². The predicted octanol–water partition coefficient (Wildman–Crippen LogP) is 3.88. The lowest BCUT2D eigenvalue weighted by Gasteiger charge is -2.32. The number of amides is 1. The number of nitrogens with one attached hydrogen (secondary N) is 1. The van der Waals surface area contributed by atoms with E-state index in [1.54, 1.807) is 0 Å². The maximum atomic E-state index is 12.5. The quantitative estimate of drug-likeness (QED) is 0.784. The first-order chi connectivity index (χ1) is 8.65. The van der Waals surface area contributed by atoms with Crippen LogP contribution in [-0.4, -0.2) is 23.5 Å². The van der Waals surface area contributed by atoms with Crippen LogP contribution >= 0.6 is 11.6 Å². The summed E-state index contributed by atoms with van der Waals surface area (Å²) in [5.41, 5.74) is -0.403. The molecule has 0 aromatic carbocycles. The Morgan fingerprint density at radius 1 is 1.21 bits per heavy atom. The minimum Gasteiger partial charge on any atom is -0.351 e. The molecule has 0 aromatic rings. The molecule has 0 saturated heterocycles. The second kappa shape index (κ2) is 6.33. The minimum atomic E-state index is -4.13. The summed E-state index contributed by atoms with van der Waals surface area (Å²) in [6.45, 7) is 3.74. The Hall–Kier alpha value is -0.450. The Morgan fingerprint density at radius 2 is 1.74 bits per heavy atom. The summed E-state index contributed by atoms with van der Waals surface area (Å²) >= 11 is 5.65. The van der Waals surface area contributed by atoms with E-state index in [0.717, 1.165) is 0 Å². The van der Waals surface area contributed by atoms with Crippen molar-refractivity contribution < 1.29 is 18.0 Å². The molecule has 1 aliphatic carbocycles. The van der Waals surface area contributed by atoms with Crippen LogP contribution in [0.5, 0.6) is 0 Å². The lowest BCUT2D eigenvalue weighted by atomic mass is 9.81. The van der Waals surface area contributed by atoms with E-state index in [0.29, 0.717) is 25.1 Å². The van der Waals surface area contributed by atoms with Crippen LogP contribution in [0.1, 0.15) is 46.0 Å². The van der Waals surface area contributed by atoms with E-state index >= 15 is 0 Å². The minimum absolute atomic E-state index is 0.0531. The average molecular weight is 300 g/mol. The van der Waals surface area contributed by atoms with E-state index in [9.17, 15) is 18.0 Å². The van der Waals surface area contributed by atoms with E-state index in [1.165, 1.54) is 0 Å². The van der Waals surface area contributed by atoms with Crippen LogP contribution in [0.4, 0.5) is 13.2 Å². The average Bonchev–Trinajstić information content (AvgIpc) is 2.27. The van der Waals surface area contributed by atoms with Gasteiger partial charge in [0.2, 0.25) is 5.91 Å². The molecule has 0 heterocycles. The zero-order chi connectivity index (χ0) is 14.7. The summed E-state index contributed by atoms with van der Waals surface area (Å²) in [6, 6.07) is 0. The highest BCUT2D eigenvalue weighted by molar-refractivity contribution is 6.17. The molecular weight excluding hydrogens is 279 g/mol. The fraction of sp³-hybridized carbons (Fsp3) is 0.923. The van der Waals surface area contributed by atoms with Crippen LogP contribution in [-0.2, 0) is 4.79 Å². The van der Waals surface area contributed by atoms with Gasteiger partial charge in [-0.1, -0.05) is 0 Å². The van der Waals surface area contributed by atoms with Crippen molar-refractivity contribution in [3.63, 3.8) is 0 Å². The third kappa shape index (κ3) is 5.21. The Kier molecular flexibility index (Phi) is 5.53. The normalized spacial score (nSPS) is 25.2. The standard InChI is InChI=1S/C13H21ClF3NO/c1-12(2,7-8-14)18-11(19)9-3-5-10(6-4-9)13(15,16)17/h9-10H,3-8H2,1-2H3,(H,18,19). The molecule has 1 saturated carbocycles. The fourth-order valence-electron chi connectivity index (χ4n) is 2.42. The Bertz CT molecular complexity index is 310. The van der Waals surface area contributed by atoms with Gasteiger partial charge in [-0.3, -0.25) is 4.79 Å². The molecule has 6 heteroatoms. The van der Waals surface area contributed by atoms with Gasteiger partial charge in [-0.15, -0.1) is 11.6 Å². The SMILES string of the molecule is CC(C)(CCCl)NC(=O)C1CCC(C(F)(F)F)CC1. The van der Waals surface area contributed by atoms with Crippen LogP contribution in [0.15, 0.2) is 0 Å². The molecule has 1 N–H and O–H groups in total. The summed E-state index contributed by atoms with van der Waals surface area (Å²) in [4.78, 5) is 12.0. The molecule has 0 atom stereocenters. The van der Waals surface area contributed by atoms with Gasteiger partial charge in [-0.25, -0.2) is 0 Å². The molecule has 0 spiro atoms. The first-order valence-electron chi connectivity index (χ1n) is 6.60. The van der Waals surface area contributed by atoms with Gasteiger partial charge in [-0.2, -0.15) is 13.2 Å². The highest BCUT2D eigenvalue weighted by Crippen LogP contribution is 2.39. The second-order valence-corrected chi connectivity index (χ2v) is 6.28. The fourth-order valence-corrected chi connectivity index (χ4v) is 2.89. The zero-order valence-corrected chi connectivity index (χ0v) is 12.1. The van der Waals surface area contributed by atoms with Crippen molar-refractivity contribution in [1.29, 1.82) is 0 Å². The number of alkyl halides is 4. The van der Waals surface area contributed by atoms with Crippen LogP contribution in [0, 0.1) is 11.8 Å². The van der Waals surface area contributed by atoms with Crippen molar-refractivity contribution in [1.82, 2.24) is 5.32 Å². The van der Waals surface area contributed by atoms with Crippen molar-refractivity contribution in [2.75, 3.05) is 5.88 Å². The van der Waals surface area contributed by atoms with E-state index in [1.807, 2.05) is 13.8 Å². The number of carbonyl (C=O) groups is 1. The monoisotopic (exact) mass is 299 g/mol. The van der Waals surface area contributed by atoms with Gasteiger partial charge in [0.15, 0.2) is 0 Å². The zero-order valence-electron chi connectivity index (χ0n) is 11.3. The maximum absolute atomic E-state index is 12.5. The first-order valence-corrected chi connectivity index (χ1v) is 7.14. The maximum Gasteiger partial charge on any atom is 0.391 e. The van der Waals surface area contributed by atoms with Crippen LogP contribution in [0.25, 0.3) is 0 Å². The van der Waals surface area contributed by atoms with Gasteiger partial charge in [0.25, 0.3) is 0 Å². The lowest BCUT2D eigenvalue weighted by Crippen LogP contribution is -2.47. The lowest BCUT2D eigenvalue weighted by molar-refractivity contribution is -0.184. The topological polar surface area (TPSA) is 29.1 Å². The van der Waals surface area contributed by atoms with Crippen molar-refractivity contribution in [2.24, 2.45) is 11.8 Å². The molecular formula is C13H21ClF3NO. The smallest absolute Gasteiger partial charge is 0.351 e. The largest absolute Gasteiger partial charge is 0.391 e. The molecule has 1 amide bonds. The highest BCUT2D eigenvalue weighted by atomic mass is 35.5. The van der Waals surface area contributed by atoms with E-state index in [4.69, 9.17) is 11.6 Å². The van der Waals surface area contributed by atoms with Crippen molar-refractivity contribution >= 4 is 17.5 Å². The summed E-state index contributed by atoms with van der Waals surface area (Å²) in [5, 5.41) is 2.88. The first kappa shape index (κ1) is 16.6. The van der Waals surface area contributed by atoms with Gasteiger partial charge in [0, 0.05) is 17.3 Å².